The summed E-state index contributed by atoms with van der Waals surface area (Å²) in [6, 6.07) is 11.4. The van der Waals surface area contributed by atoms with E-state index in [1.807, 2.05) is 24.3 Å². The van der Waals surface area contributed by atoms with Crippen molar-refractivity contribution in [1.29, 1.82) is 0 Å². The fourth-order valence-corrected chi connectivity index (χ4v) is 4.15. The van der Waals surface area contributed by atoms with Crippen molar-refractivity contribution < 1.29 is 19.4 Å². The van der Waals surface area contributed by atoms with E-state index in [-0.39, 0.29) is 5.70 Å². The normalized spacial score (nSPS) is 11.2. The highest BCUT2D eigenvalue weighted by atomic mass is 127. The van der Waals surface area contributed by atoms with Crippen LogP contribution >= 0.6 is 54.5 Å². The van der Waals surface area contributed by atoms with Crippen LogP contribution in [0.4, 0.5) is 0 Å². The number of carbonyl (C=O) groups is 2. The van der Waals surface area contributed by atoms with E-state index in [1.165, 1.54) is 13.0 Å². The highest BCUT2D eigenvalue weighted by Crippen LogP contribution is 2.36. The molecular formula is C18H14Br2INO4. The molecule has 26 heavy (non-hydrogen) atoms. The third-order valence-corrected chi connectivity index (χ3v) is 4.99. The third-order valence-electron chi connectivity index (χ3n) is 3.14. The molecule has 0 spiro atoms. The molecule has 8 heteroatoms. The Balaban J connectivity index is 2.24. The number of carboxylic acids is 1. The number of benzene rings is 2. The first kappa shape index (κ1) is 20.9. The number of hydrogen-bond acceptors (Lipinski definition) is 3. The van der Waals surface area contributed by atoms with E-state index in [4.69, 9.17) is 4.74 Å². The molecule has 0 radical (unpaired) electrons. The van der Waals surface area contributed by atoms with Gasteiger partial charge in [0, 0.05) is 10.5 Å². The van der Waals surface area contributed by atoms with E-state index >= 15 is 0 Å². The number of ether oxygens (including phenoxy) is 1. The van der Waals surface area contributed by atoms with Gasteiger partial charge in [-0.3, -0.25) is 4.79 Å². The molecule has 0 heterocycles. The van der Waals surface area contributed by atoms with Crippen LogP contribution < -0.4 is 10.1 Å². The summed E-state index contributed by atoms with van der Waals surface area (Å²) in [5.74, 6) is -1.06. The number of carboxylic acid groups (broad SMARTS) is 1. The quantitative estimate of drug-likeness (QED) is 0.366. The predicted octanol–water partition coefficient (Wildman–Crippen LogP) is 4.96. The SMILES string of the molecule is CC(=O)NC(=Cc1cc(Br)c(OCc2cccc(I)c2)c(Br)c1)C(=O)O. The van der Waals surface area contributed by atoms with Crippen LogP contribution in [0.15, 0.2) is 51.0 Å². The third kappa shape index (κ3) is 6.10. The fourth-order valence-electron chi connectivity index (χ4n) is 2.09. The summed E-state index contributed by atoms with van der Waals surface area (Å²) in [7, 11) is 0. The number of aliphatic carboxylic acids is 1. The lowest BCUT2D eigenvalue weighted by Crippen LogP contribution is -2.24. The molecule has 0 unspecified atom stereocenters. The van der Waals surface area contributed by atoms with Gasteiger partial charge in [-0.1, -0.05) is 12.1 Å². The minimum absolute atomic E-state index is 0.205. The van der Waals surface area contributed by atoms with Gasteiger partial charge in [0.15, 0.2) is 0 Å². The van der Waals surface area contributed by atoms with Gasteiger partial charge in [-0.15, -0.1) is 0 Å². The van der Waals surface area contributed by atoms with Gasteiger partial charge in [0.1, 0.15) is 18.1 Å². The first-order valence-corrected chi connectivity index (χ1v) is 10.0. The largest absolute Gasteiger partial charge is 0.487 e. The molecule has 0 aliphatic rings. The lowest BCUT2D eigenvalue weighted by atomic mass is 10.2. The Morgan fingerprint density at radius 2 is 1.88 bits per heavy atom. The van der Waals surface area contributed by atoms with Crippen molar-refractivity contribution >= 4 is 72.4 Å². The average molecular weight is 595 g/mol. The van der Waals surface area contributed by atoms with Crippen LogP contribution in [0.25, 0.3) is 6.08 Å². The number of hydrogen-bond donors (Lipinski definition) is 2. The van der Waals surface area contributed by atoms with Crippen LogP contribution in [0.2, 0.25) is 0 Å². The molecule has 1 amide bonds. The summed E-state index contributed by atoms with van der Waals surface area (Å²) in [6.07, 6.45) is 1.38. The Labute approximate surface area is 181 Å². The van der Waals surface area contributed by atoms with Crippen LogP contribution in [-0.4, -0.2) is 17.0 Å². The highest BCUT2D eigenvalue weighted by molar-refractivity contribution is 14.1. The molecule has 0 aliphatic carbocycles. The van der Waals surface area contributed by atoms with Gasteiger partial charge < -0.3 is 15.2 Å². The second-order valence-electron chi connectivity index (χ2n) is 5.28. The van der Waals surface area contributed by atoms with Crippen molar-refractivity contribution in [3.63, 3.8) is 0 Å². The first-order valence-electron chi connectivity index (χ1n) is 7.35. The molecule has 2 N–H and O–H groups in total. The van der Waals surface area contributed by atoms with Crippen molar-refractivity contribution in [3.05, 3.63) is 65.7 Å². The second-order valence-corrected chi connectivity index (χ2v) is 8.23. The standard InChI is InChI=1S/C18H14Br2INO4/c1-10(23)22-16(18(24)25)8-12-6-14(19)17(15(20)7-12)26-9-11-3-2-4-13(21)5-11/h2-8H,9H2,1H3,(H,22,23)(H,24,25). The topological polar surface area (TPSA) is 75.6 Å². The molecule has 0 saturated heterocycles. The summed E-state index contributed by atoms with van der Waals surface area (Å²) in [6.45, 7) is 1.65. The molecule has 0 atom stereocenters. The molecule has 0 saturated carbocycles. The van der Waals surface area contributed by atoms with Gasteiger partial charge in [-0.25, -0.2) is 4.79 Å². The summed E-state index contributed by atoms with van der Waals surface area (Å²) in [5, 5.41) is 11.5. The number of amides is 1. The van der Waals surface area contributed by atoms with Crippen molar-refractivity contribution in [3.8, 4) is 5.75 Å². The van der Waals surface area contributed by atoms with Crippen molar-refractivity contribution in [2.24, 2.45) is 0 Å². The molecule has 0 bridgehead atoms. The summed E-state index contributed by atoms with van der Waals surface area (Å²) in [4.78, 5) is 22.4. The molecular weight excluding hydrogens is 581 g/mol. The summed E-state index contributed by atoms with van der Waals surface area (Å²) < 4.78 is 8.33. The molecule has 0 aromatic heterocycles. The molecule has 2 aromatic rings. The molecule has 2 aromatic carbocycles. The molecule has 0 fully saturated rings. The minimum Gasteiger partial charge on any atom is -0.487 e. The lowest BCUT2D eigenvalue weighted by Gasteiger charge is -2.12. The fraction of sp³-hybridized carbons (Fsp3) is 0.111. The lowest BCUT2D eigenvalue weighted by molar-refractivity contribution is -0.134. The number of carbonyl (C=O) groups excluding carboxylic acids is 1. The van der Waals surface area contributed by atoms with Crippen LogP contribution in [0, 0.1) is 3.57 Å². The summed E-state index contributed by atoms with van der Waals surface area (Å²) in [5.41, 5.74) is 1.43. The van der Waals surface area contributed by atoms with Gasteiger partial charge in [0.05, 0.1) is 8.95 Å². The predicted molar refractivity (Wildman–Crippen MR) is 115 cm³/mol. The van der Waals surface area contributed by atoms with Gasteiger partial charge in [0.2, 0.25) is 5.91 Å². The Bertz CT molecular complexity index is 860. The maximum Gasteiger partial charge on any atom is 0.352 e. The second kappa shape index (κ2) is 9.52. The van der Waals surface area contributed by atoms with E-state index < -0.39 is 11.9 Å². The van der Waals surface area contributed by atoms with Crippen LogP contribution in [0.3, 0.4) is 0 Å². The van der Waals surface area contributed by atoms with Crippen molar-refractivity contribution in [2.45, 2.75) is 13.5 Å². The Morgan fingerprint density at radius 1 is 1.23 bits per heavy atom. The maximum absolute atomic E-state index is 11.2. The number of nitrogens with one attached hydrogen (secondary N) is 1. The number of rotatable bonds is 6. The number of halogens is 3. The average Bonchev–Trinajstić information content (AvgIpc) is 2.53. The smallest absolute Gasteiger partial charge is 0.352 e. The van der Waals surface area contributed by atoms with E-state index in [0.29, 0.717) is 26.9 Å². The zero-order chi connectivity index (χ0) is 19.3. The Kier molecular flexibility index (Phi) is 7.66. The minimum atomic E-state index is -1.22. The molecule has 136 valence electrons. The van der Waals surface area contributed by atoms with Crippen LogP contribution in [-0.2, 0) is 16.2 Å². The van der Waals surface area contributed by atoms with Gasteiger partial charge in [0.25, 0.3) is 0 Å². The monoisotopic (exact) mass is 593 g/mol. The Morgan fingerprint density at radius 3 is 2.42 bits per heavy atom. The molecule has 2 rings (SSSR count). The highest BCUT2D eigenvalue weighted by Gasteiger charge is 2.12. The zero-order valence-electron chi connectivity index (χ0n) is 13.6. The molecule has 0 aliphatic heterocycles. The molecule has 5 nitrogen and oxygen atoms in total. The van der Waals surface area contributed by atoms with Crippen molar-refractivity contribution in [1.82, 2.24) is 5.32 Å². The van der Waals surface area contributed by atoms with Gasteiger partial charge >= 0.3 is 5.97 Å². The van der Waals surface area contributed by atoms with E-state index in [1.54, 1.807) is 12.1 Å². The van der Waals surface area contributed by atoms with E-state index in [0.717, 1.165) is 9.13 Å². The summed E-state index contributed by atoms with van der Waals surface area (Å²) >= 11 is 9.13. The van der Waals surface area contributed by atoms with Crippen LogP contribution in [0.1, 0.15) is 18.1 Å². The van der Waals surface area contributed by atoms with Crippen molar-refractivity contribution in [2.75, 3.05) is 0 Å². The van der Waals surface area contributed by atoms with Gasteiger partial charge in [-0.2, -0.15) is 0 Å². The van der Waals surface area contributed by atoms with E-state index in [2.05, 4.69) is 59.8 Å². The van der Waals surface area contributed by atoms with Crippen LogP contribution in [0.5, 0.6) is 5.75 Å². The van der Waals surface area contributed by atoms with Gasteiger partial charge in [-0.05, 0) is 95.9 Å². The Hall–Kier alpha value is -1.39. The zero-order valence-corrected chi connectivity index (χ0v) is 18.9. The first-order chi connectivity index (χ1) is 12.3. The van der Waals surface area contributed by atoms with E-state index in [9.17, 15) is 14.7 Å². The maximum atomic E-state index is 11.2.